The van der Waals surface area contributed by atoms with E-state index in [1.807, 2.05) is 6.07 Å². The quantitative estimate of drug-likeness (QED) is 0.725. The van der Waals surface area contributed by atoms with Crippen LogP contribution in [0.3, 0.4) is 0 Å². The van der Waals surface area contributed by atoms with Crippen LogP contribution in [0.2, 0.25) is 0 Å². The zero-order valence-corrected chi connectivity index (χ0v) is 18.2. The molecule has 5 nitrogen and oxygen atoms in total. The number of carbonyl (C=O) groups excluding carboxylic acids is 1. The van der Waals surface area contributed by atoms with Crippen molar-refractivity contribution < 1.29 is 4.79 Å². The van der Waals surface area contributed by atoms with Gasteiger partial charge in [-0.2, -0.15) is 0 Å². The lowest BCUT2D eigenvalue weighted by atomic mass is 10.00. The second-order valence-electron chi connectivity index (χ2n) is 8.21. The first-order valence-corrected chi connectivity index (χ1v) is 11.8. The van der Waals surface area contributed by atoms with Crippen LogP contribution in [0.4, 0.5) is 0 Å². The number of carbonyl (C=O) groups is 1. The Morgan fingerprint density at radius 1 is 1.07 bits per heavy atom. The van der Waals surface area contributed by atoms with E-state index in [2.05, 4.69) is 51.3 Å². The molecule has 0 bridgehead atoms. The van der Waals surface area contributed by atoms with Crippen molar-refractivity contribution >= 4 is 17.2 Å². The van der Waals surface area contributed by atoms with Crippen molar-refractivity contribution in [3.05, 3.63) is 41.4 Å². The van der Waals surface area contributed by atoms with Crippen molar-refractivity contribution in [3.63, 3.8) is 0 Å². The van der Waals surface area contributed by atoms with Gasteiger partial charge in [0.2, 0.25) is 5.91 Å². The molecule has 1 unspecified atom stereocenters. The topological polar surface area (TPSA) is 39.7 Å². The van der Waals surface area contributed by atoms with E-state index in [1.165, 1.54) is 18.4 Å². The molecule has 0 N–H and O–H groups in total. The second kappa shape index (κ2) is 9.83. The van der Waals surface area contributed by atoms with Gasteiger partial charge in [-0.3, -0.25) is 14.6 Å². The number of piperidine rings is 1. The van der Waals surface area contributed by atoms with E-state index in [9.17, 15) is 4.79 Å². The number of hydrogen-bond acceptors (Lipinski definition) is 5. The highest BCUT2D eigenvalue weighted by Crippen LogP contribution is 2.24. The fourth-order valence-corrected chi connectivity index (χ4v) is 5.28. The van der Waals surface area contributed by atoms with E-state index in [0.29, 0.717) is 18.5 Å². The number of thiazole rings is 1. The Bertz CT molecular complexity index is 785. The highest BCUT2D eigenvalue weighted by molar-refractivity contribution is 7.13. The van der Waals surface area contributed by atoms with Crippen molar-refractivity contribution in [2.45, 2.75) is 45.2 Å². The molecule has 2 fully saturated rings. The minimum Gasteiger partial charge on any atom is -0.339 e. The molecule has 6 heteroatoms. The molecule has 2 saturated heterocycles. The molecule has 0 aliphatic carbocycles. The summed E-state index contributed by atoms with van der Waals surface area (Å²) < 4.78 is 0. The summed E-state index contributed by atoms with van der Waals surface area (Å²) in [5.74, 6) is 0.331. The fourth-order valence-electron chi connectivity index (χ4n) is 4.46. The summed E-state index contributed by atoms with van der Waals surface area (Å²) in [5, 5.41) is 3.27. The summed E-state index contributed by atoms with van der Waals surface area (Å²) in [6, 6.07) is 10.8. The maximum Gasteiger partial charge on any atom is 0.236 e. The van der Waals surface area contributed by atoms with Crippen molar-refractivity contribution in [2.75, 3.05) is 39.3 Å². The molecule has 4 rings (SSSR count). The van der Waals surface area contributed by atoms with Gasteiger partial charge in [0.1, 0.15) is 5.01 Å². The van der Waals surface area contributed by atoms with Gasteiger partial charge in [-0.15, -0.1) is 11.3 Å². The third-order valence-corrected chi connectivity index (χ3v) is 7.14. The van der Waals surface area contributed by atoms with E-state index in [4.69, 9.17) is 4.98 Å². The molecule has 0 radical (unpaired) electrons. The van der Waals surface area contributed by atoms with Crippen LogP contribution in [-0.4, -0.2) is 70.9 Å². The average Bonchev–Trinajstić information content (AvgIpc) is 3.24. The molecule has 29 heavy (non-hydrogen) atoms. The summed E-state index contributed by atoms with van der Waals surface area (Å²) in [7, 11) is 0. The minimum absolute atomic E-state index is 0.331. The lowest BCUT2D eigenvalue weighted by Crippen LogP contribution is -2.52. The highest BCUT2D eigenvalue weighted by Gasteiger charge is 2.27. The maximum absolute atomic E-state index is 12.8. The second-order valence-corrected chi connectivity index (χ2v) is 9.07. The number of benzene rings is 1. The summed E-state index contributed by atoms with van der Waals surface area (Å²) in [5.41, 5.74) is 2.34. The largest absolute Gasteiger partial charge is 0.339 e. The first-order chi connectivity index (χ1) is 14.2. The van der Waals surface area contributed by atoms with Gasteiger partial charge < -0.3 is 4.90 Å². The number of hydrogen-bond donors (Lipinski definition) is 0. The molecular formula is C23H32N4OS. The lowest BCUT2D eigenvalue weighted by molar-refractivity contribution is -0.136. The Labute approximate surface area is 178 Å². The van der Waals surface area contributed by atoms with E-state index in [0.717, 1.165) is 62.8 Å². The highest BCUT2D eigenvalue weighted by atomic mass is 32.1. The number of piperazine rings is 1. The van der Waals surface area contributed by atoms with Crippen LogP contribution in [0.15, 0.2) is 35.7 Å². The number of rotatable bonds is 6. The Morgan fingerprint density at radius 2 is 1.83 bits per heavy atom. The molecule has 1 amide bonds. The number of amides is 1. The molecule has 0 saturated carbocycles. The van der Waals surface area contributed by atoms with Crippen LogP contribution in [-0.2, 0) is 11.3 Å². The van der Waals surface area contributed by atoms with Gasteiger partial charge in [-0.05, 0) is 25.7 Å². The van der Waals surface area contributed by atoms with Crippen molar-refractivity contribution in [1.29, 1.82) is 0 Å². The van der Waals surface area contributed by atoms with Crippen molar-refractivity contribution in [1.82, 2.24) is 19.7 Å². The van der Waals surface area contributed by atoms with Crippen LogP contribution >= 0.6 is 11.3 Å². The Hall–Kier alpha value is -1.76. The molecule has 2 aliphatic heterocycles. The molecule has 1 aromatic heterocycles. The normalized spacial score (nSPS) is 21.4. The van der Waals surface area contributed by atoms with Crippen LogP contribution in [0, 0.1) is 0 Å². The molecule has 0 spiro atoms. The van der Waals surface area contributed by atoms with Crippen molar-refractivity contribution in [2.24, 2.45) is 0 Å². The standard InChI is InChI=1S/C23H32N4OS/c1-2-21-10-6-7-11-27(21)22(28)17-26-14-12-25(13-15-26)16-20-18-29-23(24-20)19-8-4-3-5-9-19/h3-5,8-9,18,21H,2,6-7,10-17H2,1H3. The van der Waals surface area contributed by atoms with Crippen LogP contribution in [0.25, 0.3) is 10.6 Å². The maximum atomic E-state index is 12.8. The summed E-state index contributed by atoms with van der Waals surface area (Å²) >= 11 is 1.72. The SMILES string of the molecule is CCC1CCCCN1C(=O)CN1CCN(Cc2csc(-c3ccccc3)n2)CC1. The molecule has 2 aromatic rings. The number of aromatic nitrogens is 1. The van der Waals surface area contributed by atoms with Crippen LogP contribution in [0.1, 0.15) is 38.3 Å². The third kappa shape index (κ3) is 5.24. The third-order valence-electron chi connectivity index (χ3n) is 6.20. The molecule has 156 valence electrons. The molecule has 3 heterocycles. The van der Waals surface area contributed by atoms with E-state index in [-0.39, 0.29) is 0 Å². The zero-order valence-electron chi connectivity index (χ0n) is 17.4. The Balaban J connectivity index is 1.24. The van der Waals surface area contributed by atoms with Gasteiger partial charge in [0.15, 0.2) is 0 Å². The summed E-state index contributed by atoms with van der Waals surface area (Å²) in [6.45, 7) is 8.57. The smallest absolute Gasteiger partial charge is 0.236 e. The molecule has 2 aliphatic rings. The summed E-state index contributed by atoms with van der Waals surface area (Å²) in [4.78, 5) is 24.6. The van der Waals surface area contributed by atoms with Gasteiger partial charge in [-0.25, -0.2) is 4.98 Å². The van der Waals surface area contributed by atoms with Crippen LogP contribution in [0.5, 0.6) is 0 Å². The molecule has 1 atom stereocenters. The Morgan fingerprint density at radius 3 is 2.59 bits per heavy atom. The van der Waals surface area contributed by atoms with E-state index in [1.54, 1.807) is 11.3 Å². The first-order valence-electron chi connectivity index (χ1n) is 11.0. The van der Waals surface area contributed by atoms with Gasteiger partial charge in [0.05, 0.1) is 12.2 Å². The molecule has 1 aromatic carbocycles. The van der Waals surface area contributed by atoms with Gasteiger partial charge >= 0.3 is 0 Å². The van der Waals surface area contributed by atoms with Crippen molar-refractivity contribution in [3.8, 4) is 10.6 Å². The zero-order chi connectivity index (χ0) is 20.1. The first kappa shape index (κ1) is 20.5. The van der Waals surface area contributed by atoms with Gasteiger partial charge in [0.25, 0.3) is 0 Å². The number of likely N-dealkylation sites (tertiary alicyclic amines) is 1. The average molecular weight is 413 g/mol. The number of nitrogens with zero attached hydrogens (tertiary/aromatic N) is 4. The van der Waals surface area contributed by atoms with Crippen LogP contribution < -0.4 is 0 Å². The predicted octanol–water partition coefficient (Wildman–Crippen LogP) is 3.72. The monoisotopic (exact) mass is 412 g/mol. The van der Waals surface area contributed by atoms with Gasteiger partial charge in [-0.1, -0.05) is 37.3 Å². The van der Waals surface area contributed by atoms with E-state index < -0.39 is 0 Å². The minimum atomic E-state index is 0.331. The fraction of sp³-hybridized carbons (Fsp3) is 0.565. The molecular weight excluding hydrogens is 380 g/mol. The van der Waals surface area contributed by atoms with Gasteiger partial charge in [0, 0.05) is 56.3 Å². The summed E-state index contributed by atoms with van der Waals surface area (Å²) in [6.07, 6.45) is 4.69. The van der Waals surface area contributed by atoms with E-state index >= 15 is 0 Å². The predicted molar refractivity (Wildman–Crippen MR) is 119 cm³/mol. The Kier molecular flexibility index (Phi) is 6.95. The lowest BCUT2D eigenvalue weighted by Gasteiger charge is -2.38.